The van der Waals surface area contributed by atoms with Gasteiger partial charge in [0.15, 0.2) is 5.78 Å². The van der Waals surface area contributed by atoms with Crippen molar-refractivity contribution in [1.29, 1.82) is 0 Å². The van der Waals surface area contributed by atoms with Gasteiger partial charge in [-0.25, -0.2) is 0 Å². The summed E-state index contributed by atoms with van der Waals surface area (Å²) < 4.78 is 5.96. The zero-order chi connectivity index (χ0) is 22.3. The lowest BCUT2D eigenvalue weighted by Crippen LogP contribution is -2.45. The van der Waals surface area contributed by atoms with Crippen LogP contribution in [0.3, 0.4) is 0 Å². The highest BCUT2D eigenvalue weighted by molar-refractivity contribution is 5.98. The Morgan fingerprint density at radius 2 is 1.62 bits per heavy atom. The maximum Gasteiger partial charge on any atom is 0.252 e. The number of ketones is 1. The lowest BCUT2D eigenvalue weighted by Gasteiger charge is -2.22. The molecule has 0 bridgehead atoms. The van der Waals surface area contributed by atoms with Crippen LogP contribution in [0.4, 0.5) is 11.4 Å². The first-order chi connectivity index (χ1) is 15.6. The monoisotopic (exact) mass is 428 g/mol. The molecular weight excluding hydrogens is 400 g/mol. The molecule has 4 rings (SSSR count). The van der Waals surface area contributed by atoms with Gasteiger partial charge < -0.3 is 15.0 Å². The molecule has 1 heterocycles. The summed E-state index contributed by atoms with van der Waals surface area (Å²) in [5.41, 5.74) is 3.57. The van der Waals surface area contributed by atoms with E-state index in [0.717, 1.165) is 42.0 Å². The summed E-state index contributed by atoms with van der Waals surface area (Å²) in [6.45, 7) is 0.130. The van der Waals surface area contributed by atoms with Crippen molar-refractivity contribution in [2.45, 2.75) is 31.7 Å². The van der Waals surface area contributed by atoms with Gasteiger partial charge in [0.05, 0.1) is 0 Å². The number of Topliss-reactive ketones (excluding diaryl/α,β-unsaturated/α-hetero) is 1. The molecule has 164 valence electrons. The van der Waals surface area contributed by atoms with Crippen LogP contribution >= 0.6 is 0 Å². The van der Waals surface area contributed by atoms with Crippen LogP contribution in [-0.4, -0.2) is 31.4 Å². The van der Waals surface area contributed by atoms with Crippen molar-refractivity contribution in [3.05, 3.63) is 90.0 Å². The molecule has 32 heavy (non-hydrogen) atoms. The maximum atomic E-state index is 13.0. The number of hydrogen-bond acceptors (Lipinski definition) is 4. The van der Waals surface area contributed by atoms with Crippen molar-refractivity contribution in [2.75, 3.05) is 18.6 Å². The maximum absolute atomic E-state index is 13.0. The Labute approximate surface area is 189 Å². The summed E-state index contributed by atoms with van der Waals surface area (Å²) in [7, 11) is 1.96. The number of benzene rings is 3. The van der Waals surface area contributed by atoms with Gasteiger partial charge in [-0.2, -0.15) is 0 Å². The van der Waals surface area contributed by atoms with Gasteiger partial charge in [-0.3, -0.25) is 9.59 Å². The molecule has 1 amide bonds. The number of fused-ring (bicyclic) bond motifs is 1. The number of anilines is 2. The first-order valence-corrected chi connectivity index (χ1v) is 11.0. The van der Waals surface area contributed by atoms with E-state index in [1.165, 1.54) is 0 Å². The number of nitrogens with zero attached hydrogens (tertiary/aromatic N) is 1. The van der Waals surface area contributed by atoms with Crippen molar-refractivity contribution >= 4 is 23.1 Å². The normalized spacial score (nSPS) is 16.4. The molecular formula is C27H28N2O3. The molecule has 1 atom stereocenters. The van der Waals surface area contributed by atoms with Gasteiger partial charge in [0.1, 0.15) is 18.4 Å². The number of rotatable bonds is 4. The van der Waals surface area contributed by atoms with Crippen LogP contribution in [-0.2, 0) is 11.2 Å². The Hall–Kier alpha value is -3.60. The van der Waals surface area contributed by atoms with Gasteiger partial charge in [0, 0.05) is 30.4 Å². The molecule has 0 fully saturated rings. The summed E-state index contributed by atoms with van der Waals surface area (Å²) in [6.07, 6.45) is 3.05. The van der Waals surface area contributed by atoms with Crippen molar-refractivity contribution in [3.63, 3.8) is 0 Å². The van der Waals surface area contributed by atoms with E-state index in [2.05, 4.69) is 11.4 Å². The Bertz CT molecular complexity index is 1080. The SMILES string of the molecule is CN(c1ccccc1)c1cccc(C(=O)NC2COc3ccccc3CCCCC2=O)c1. The predicted octanol–water partition coefficient (Wildman–Crippen LogP) is 4.93. The molecule has 5 heteroatoms. The highest BCUT2D eigenvalue weighted by Gasteiger charge is 2.23. The third-order valence-electron chi connectivity index (χ3n) is 5.83. The van der Waals surface area contributed by atoms with Gasteiger partial charge >= 0.3 is 0 Å². The number of hydrogen-bond donors (Lipinski definition) is 1. The van der Waals surface area contributed by atoms with E-state index >= 15 is 0 Å². The summed E-state index contributed by atoms with van der Waals surface area (Å²) in [5, 5.41) is 2.91. The molecule has 3 aromatic carbocycles. The average molecular weight is 429 g/mol. The molecule has 0 saturated carbocycles. The molecule has 0 radical (unpaired) electrons. The fraction of sp³-hybridized carbons (Fsp3) is 0.259. The molecule has 1 aliphatic rings. The number of aryl methyl sites for hydroxylation is 1. The molecule has 1 unspecified atom stereocenters. The Kier molecular flexibility index (Phi) is 6.85. The zero-order valence-electron chi connectivity index (χ0n) is 18.3. The Morgan fingerprint density at radius 3 is 2.47 bits per heavy atom. The summed E-state index contributed by atoms with van der Waals surface area (Å²) >= 11 is 0. The lowest BCUT2D eigenvalue weighted by atomic mass is 10.0. The van der Waals surface area contributed by atoms with Gasteiger partial charge in [-0.15, -0.1) is 0 Å². The van der Waals surface area contributed by atoms with Gasteiger partial charge in [0.2, 0.25) is 0 Å². The van der Waals surface area contributed by atoms with Crippen LogP contribution in [0.25, 0.3) is 0 Å². The van der Waals surface area contributed by atoms with E-state index in [1.54, 1.807) is 6.07 Å². The van der Waals surface area contributed by atoms with E-state index < -0.39 is 6.04 Å². The molecule has 1 N–H and O–H groups in total. The van der Waals surface area contributed by atoms with Crippen LogP contribution < -0.4 is 15.0 Å². The summed E-state index contributed by atoms with van der Waals surface area (Å²) in [6, 6.07) is 24.6. The molecule has 0 saturated heterocycles. The van der Waals surface area contributed by atoms with Crippen molar-refractivity contribution in [1.82, 2.24) is 5.32 Å². The van der Waals surface area contributed by atoms with E-state index in [9.17, 15) is 9.59 Å². The van der Waals surface area contributed by atoms with Crippen molar-refractivity contribution in [3.8, 4) is 5.75 Å². The zero-order valence-corrected chi connectivity index (χ0v) is 18.3. The number of carbonyl (C=O) groups excluding carboxylic acids is 2. The number of para-hydroxylation sites is 2. The van der Waals surface area contributed by atoms with Gasteiger partial charge in [-0.05, 0) is 61.2 Å². The number of nitrogens with one attached hydrogen (secondary N) is 1. The molecule has 3 aromatic rings. The molecule has 1 aliphatic heterocycles. The molecule has 5 nitrogen and oxygen atoms in total. The Balaban J connectivity index is 1.49. The second kappa shape index (κ2) is 10.1. The molecule has 0 aliphatic carbocycles. The van der Waals surface area contributed by atoms with Crippen LogP contribution in [0.2, 0.25) is 0 Å². The fourth-order valence-corrected chi connectivity index (χ4v) is 3.93. The number of amides is 1. The topological polar surface area (TPSA) is 58.6 Å². The summed E-state index contributed by atoms with van der Waals surface area (Å²) in [5.74, 6) is 0.517. The quantitative estimate of drug-likeness (QED) is 0.640. The van der Waals surface area contributed by atoms with Crippen LogP contribution in [0, 0.1) is 0 Å². The standard InChI is InChI=1S/C27H28N2O3/c1-29(22-13-3-2-4-14-22)23-15-9-12-21(18-23)27(31)28-24-19-32-26-17-8-6-11-20(26)10-5-7-16-25(24)30/h2-4,6,8-9,11-15,17-18,24H,5,7,10,16,19H2,1H3,(H,28,31). The lowest BCUT2D eigenvalue weighted by molar-refractivity contribution is -0.121. The number of carbonyl (C=O) groups is 2. The minimum atomic E-state index is -0.677. The third-order valence-corrected chi connectivity index (χ3v) is 5.83. The average Bonchev–Trinajstić information content (AvgIpc) is 2.84. The van der Waals surface area contributed by atoms with Crippen molar-refractivity contribution < 1.29 is 14.3 Å². The van der Waals surface area contributed by atoms with Crippen LogP contribution in [0.15, 0.2) is 78.9 Å². The second-order valence-electron chi connectivity index (χ2n) is 8.06. The fourth-order valence-electron chi connectivity index (χ4n) is 3.93. The van der Waals surface area contributed by atoms with Crippen LogP contribution in [0.1, 0.15) is 35.2 Å². The minimum Gasteiger partial charge on any atom is -0.491 e. The first kappa shape index (κ1) is 21.6. The highest BCUT2D eigenvalue weighted by Crippen LogP contribution is 2.25. The highest BCUT2D eigenvalue weighted by atomic mass is 16.5. The first-order valence-electron chi connectivity index (χ1n) is 11.0. The largest absolute Gasteiger partial charge is 0.491 e. The second-order valence-corrected chi connectivity index (χ2v) is 8.06. The van der Waals surface area contributed by atoms with E-state index in [4.69, 9.17) is 4.74 Å². The molecule has 0 aromatic heterocycles. The Morgan fingerprint density at radius 1 is 0.906 bits per heavy atom. The smallest absolute Gasteiger partial charge is 0.252 e. The van der Waals surface area contributed by atoms with Gasteiger partial charge in [0.25, 0.3) is 5.91 Å². The van der Waals surface area contributed by atoms with Crippen LogP contribution in [0.5, 0.6) is 5.75 Å². The third kappa shape index (κ3) is 5.17. The van der Waals surface area contributed by atoms with E-state index in [1.807, 2.05) is 78.7 Å². The van der Waals surface area contributed by atoms with Crippen molar-refractivity contribution in [2.24, 2.45) is 0 Å². The minimum absolute atomic E-state index is 0.00953. The molecule has 0 spiro atoms. The number of ether oxygens (including phenoxy) is 1. The summed E-state index contributed by atoms with van der Waals surface area (Å²) in [4.78, 5) is 27.8. The van der Waals surface area contributed by atoms with E-state index in [0.29, 0.717) is 12.0 Å². The van der Waals surface area contributed by atoms with E-state index in [-0.39, 0.29) is 18.3 Å². The predicted molar refractivity (Wildman–Crippen MR) is 127 cm³/mol. The van der Waals surface area contributed by atoms with Gasteiger partial charge in [-0.1, -0.05) is 42.5 Å².